The zero-order chi connectivity index (χ0) is 12.3. The highest BCUT2D eigenvalue weighted by Crippen LogP contribution is 2.18. The van der Waals surface area contributed by atoms with Crippen molar-refractivity contribution in [3.63, 3.8) is 0 Å². The van der Waals surface area contributed by atoms with Crippen LogP contribution < -0.4 is 21.5 Å². The number of carbonyl (C=O) groups is 1. The number of nitrogen functional groups attached to an aromatic ring is 1. The first-order valence-corrected chi connectivity index (χ1v) is 5.52. The highest BCUT2D eigenvalue weighted by molar-refractivity contribution is 5.77. The fourth-order valence-electron chi connectivity index (χ4n) is 1.80. The van der Waals surface area contributed by atoms with Crippen molar-refractivity contribution >= 4 is 17.7 Å². The summed E-state index contributed by atoms with van der Waals surface area (Å²) in [5, 5.41) is 2.83. The summed E-state index contributed by atoms with van der Waals surface area (Å²) in [6.45, 7) is 3.98. The molecule has 7 heteroatoms. The van der Waals surface area contributed by atoms with Crippen LogP contribution in [0.1, 0.15) is 12.0 Å². The second kappa shape index (κ2) is 4.96. The fraction of sp³-hybridized carbons (Fsp3) is 0.500. The van der Waals surface area contributed by atoms with Gasteiger partial charge in [0.15, 0.2) is 0 Å². The minimum absolute atomic E-state index is 0.0800. The Morgan fingerprint density at radius 1 is 1.53 bits per heavy atom. The monoisotopic (exact) mass is 236 g/mol. The second-order valence-electron chi connectivity index (χ2n) is 3.93. The third-order valence-electron chi connectivity index (χ3n) is 2.69. The van der Waals surface area contributed by atoms with E-state index in [4.69, 9.17) is 5.84 Å². The average molecular weight is 236 g/mol. The standard InChI is InChI=1S/C10H16N6O/c1-7-6-13-10(15-11)14-9(7)16-4-2-8(17)12-3-5-16/h6H,2-5,11H2,1H3,(H,12,17)(H,13,14,15). The quantitative estimate of drug-likeness (QED) is 0.468. The van der Waals surface area contributed by atoms with Crippen molar-refractivity contribution in [2.75, 3.05) is 30.0 Å². The van der Waals surface area contributed by atoms with Gasteiger partial charge in [-0.1, -0.05) is 0 Å². The molecule has 92 valence electrons. The Morgan fingerprint density at radius 2 is 2.35 bits per heavy atom. The number of nitrogens with one attached hydrogen (secondary N) is 2. The molecule has 7 nitrogen and oxygen atoms in total. The lowest BCUT2D eigenvalue weighted by molar-refractivity contribution is -0.120. The Balaban J connectivity index is 2.22. The minimum Gasteiger partial charge on any atom is -0.354 e. The highest BCUT2D eigenvalue weighted by atomic mass is 16.1. The highest BCUT2D eigenvalue weighted by Gasteiger charge is 2.17. The van der Waals surface area contributed by atoms with Crippen LogP contribution in [-0.2, 0) is 4.79 Å². The topological polar surface area (TPSA) is 96.2 Å². The molecular weight excluding hydrogens is 220 g/mol. The van der Waals surface area contributed by atoms with Gasteiger partial charge in [0.25, 0.3) is 0 Å². The summed E-state index contributed by atoms with van der Waals surface area (Å²) in [5.41, 5.74) is 3.40. The fourth-order valence-corrected chi connectivity index (χ4v) is 1.80. The van der Waals surface area contributed by atoms with Gasteiger partial charge in [0.05, 0.1) is 0 Å². The lowest BCUT2D eigenvalue weighted by Gasteiger charge is -2.22. The van der Waals surface area contributed by atoms with E-state index in [2.05, 4.69) is 25.6 Å². The second-order valence-corrected chi connectivity index (χ2v) is 3.93. The summed E-state index contributed by atoms with van der Waals surface area (Å²) < 4.78 is 0. The Hall–Kier alpha value is -1.89. The van der Waals surface area contributed by atoms with Gasteiger partial charge in [-0.05, 0) is 6.92 Å². The van der Waals surface area contributed by atoms with Crippen LogP contribution in [0.2, 0.25) is 0 Å². The molecule has 17 heavy (non-hydrogen) atoms. The van der Waals surface area contributed by atoms with E-state index >= 15 is 0 Å². The van der Waals surface area contributed by atoms with Crippen molar-refractivity contribution in [2.24, 2.45) is 5.84 Å². The maximum absolute atomic E-state index is 11.3. The van der Waals surface area contributed by atoms with Crippen LogP contribution >= 0.6 is 0 Å². The van der Waals surface area contributed by atoms with Gasteiger partial charge in [-0.3, -0.25) is 10.2 Å². The van der Waals surface area contributed by atoms with Gasteiger partial charge in [-0.15, -0.1) is 0 Å². The van der Waals surface area contributed by atoms with Gasteiger partial charge in [0.1, 0.15) is 5.82 Å². The van der Waals surface area contributed by atoms with E-state index in [0.717, 1.165) is 17.9 Å². The Morgan fingerprint density at radius 3 is 3.12 bits per heavy atom. The lowest BCUT2D eigenvalue weighted by Crippen LogP contribution is -2.30. The molecule has 0 aliphatic carbocycles. The number of nitrogens with zero attached hydrogens (tertiary/aromatic N) is 3. The SMILES string of the molecule is Cc1cnc(NN)nc1N1CCNC(=O)CC1. The van der Waals surface area contributed by atoms with Crippen LogP contribution in [0, 0.1) is 6.92 Å². The van der Waals surface area contributed by atoms with Crippen LogP contribution in [0.15, 0.2) is 6.20 Å². The molecule has 0 spiro atoms. The first-order chi connectivity index (χ1) is 8.20. The first-order valence-electron chi connectivity index (χ1n) is 5.52. The smallest absolute Gasteiger partial charge is 0.239 e. The summed E-state index contributed by atoms with van der Waals surface area (Å²) in [4.78, 5) is 21.7. The third-order valence-corrected chi connectivity index (χ3v) is 2.69. The Kier molecular flexibility index (Phi) is 3.38. The molecule has 1 aliphatic heterocycles. The number of hydrogen-bond donors (Lipinski definition) is 3. The van der Waals surface area contributed by atoms with E-state index in [1.165, 1.54) is 0 Å². The van der Waals surface area contributed by atoms with Crippen molar-refractivity contribution in [3.05, 3.63) is 11.8 Å². The molecular formula is C10H16N6O. The molecule has 1 amide bonds. The van der Waals surface area contributed by atoms with Crippen LogP contribution in [-0.4, -0.2) is 35.5 Å². The van der Waals surface area contributed by atoms with Gasteiger partial charge >= 0.3 is 0 Å². The van der Waals surface area contributed by atoms with Crippen molar-refractivity contribution in [3.8, 4) is 0 Å². The summed E-state index contributed by atoms with van der Waals surface area (Å²) in [6.07, 6.45) is 2.20. The number of carbonyl (C=O) groups excluding carboxylic acids is 1. The number of hydrogen-bond acceptors (Lipinski definition) is 6. The van der Waals surface area contributed by atoms with E-state index in [1.54, 1.807) is 6.20 Å². The van der Waals surface area contributed by atoms with E-state index in [-0.39, 0.29) is 5.91 Å². The third kappa shape index (κ3) is 2.62. The van der Waals surface area contributed by atoms with Crippen molar-refractivity contribution in [1.29, 1.82) is 0 Å². The molecule has 1 aromatic rings. The van der Waals surface area contributed by atoms with Crippen molar-refractivity contribution in [2.45, 2.75) is 13.3 Å². The molecule has 2 rings (SSSR count). The number of aryl methyl sites for hydroxylation is 1. The molecule has 1 fully saturated rings. The maximum atomic E-state index is 11.3. The first kappa shape index (κ1) is 11.6. The van der Waals surface area contributed by atoms with Gasteiger partial charge < -0.3 is 10.2 Å². The van der Waals surface area contributed by atoms with Crippen LogP contribution in [0.3, 0.4) is 0 Å². The molecule has 4 N–H and O–H groups in total. The molecule has 1 aromatic heterocycles. The van der Waals surface area contributed by atoms with E-state index in [1.807, 2.05) is 6.92 Å². The Labute approximate surface area is 99.4 Å². The van der Waals surface area contributed by atoms with Gasteiger partial charge in [-0.2, -0.15) is 4.98 Å². The number of nitrogens with two attached hydrogens (primary N) is 1. The molecule has 0 bridgehead atoms. The van der Waals surface area contributed by atoms with E-state index < -0.39 is 0 Å². The molecule has 0 atom stereocenters. The average Bonchev–Trinajstić information content (AvgIpc) is 2.55. The van der Waals surface area contributed by atoms with E-state index in [9.17, 15) is 4.79 Å². The summed E-state index contributed by atoms with van der Waals surface area (Å²) >= 11 is 0. The van der Waals surface area contributed by atoms with Gasteiger partial charge in [-0.25, -0.2) is 10.8 Å². The van der Waals surface area contributed by atoms with Crippen LogP contribution in [0.25, 0.3) is 0 Å². The molecule has 0 aromatic carbocycles. The zero-order valence-corrected chi connectivity index (χ0v) is 9.73. The van der Waals surface area contributed by atoms with Crippen LogP contribution in [0.5, 0.6) is 0 Å². The predicted octanol–water partition coefficient (Wildman–Crippen LogP) is -0.603. The number of amides is 1. The predicted molar refractivity (Wildman–Crippen MR) is 64.4 cm³/mol. The van der Waals surface area contributed by atoms with E-state index in [0.29, 0.717) is 25.5 Å². The Bertz CT molecular complexity index is 421. The summed E-state index contributed by atoms with van der Waals surface area (Å²) in [6, 6.07) is 0. The molecule has 0 unspecified atom stereocenters. The minimum atomic E-state index is 0.0800. The summed E-state index contributed by atoms with van der Waals surface area (Å²) in [7, 11) is 0. The largest absolute Gasteiger partial charge is 0.354 e. The number of rotatable bonds is 2. The molecule has 0 radical (unpaired) electrons. The molecule has 1 saturated heterocycles. The normalized spacial score (nSPS) is 16.4. The lowest BCUT2D eigenvalue weighted by atomic mass is 10.3. The van der Waals surface area contributed by atoms with Crippen molar-refractivity contribution in [1.82, 2.24) is 15.3 Å². The number of anilines is 2. The van der Waals surface area contributed by atoms with Gasteiger partial charge in [0.2, 0.25) is 11.9 Å². The number of aromatic nitrogens is 2. The van der Waals surface area contributed by atoms with Gasteiger partial charge in [0, 0.05) is 37.8 Å². The van der Waals surface area contributed by atoms with Crippen molar-refractivity contribution < 1.29 is 4.79 Å². The molecule has 1 aliphatic rings. The summed E-state index contributed by atoms with van der Waals surface area (Å²) in [5.74, 6) is 6.58. The molecule has 2 heterocycles. The maximum Gasteiger partial charge on any atom is 0.239 e. The van der Waals surface area contributed by atoms with Crippen LogP contribution in [0.4, 0.5) is 11.8 Å². The number of hydrazine groups is 1. The zero-order valence-electron chi connectivity index (χ0n) is 9.73. The molecule has 0 saturated carbocycles.